The monoisotopic (exact) mass is 402 g/mol. The van der Waals surface area contributed by atoms with E-state index in [-0.39, 0.29) is 29.6 Å². The van der Waals surface area contributed by atoms with Crippen molar-refractivity contribution in [2.45, 2.75) is 88.9 Å². The molecule has 2 aliphatic rings. The molecule has 0 saturated carbocycles. The third-order valence-corrected chi connectivity index (χ3v) is 10.9. The maximum atomic E-state index is 6.74. The molecular weight excluding hydrogens is 368 g/mol. The highest BCUT2D eigenvalue weighted by molar-refractivity contribution is 6.74. The van der Waals surface area contributed by atoms with E-state index in [1.807, 2.05) is 30.3 Å². The Morgan fingerprint density at radius 3 is 2.54 bits per heavy atom. The first-order valence-electron chi connectivity index (χ1n) is 10.2. The highest BCUT2D eigenvalue weighted by atomic mass is 28.4. The lowest BCUT2D eigenvalue weighted by Gasteiger charge is -2.53. The largest absolute Gasteiger partial charge is 0.411 e. The third kappa shape index (κ3) is 4.37. The molecule has 4 nitrogen and oxygen atoms in total. The van der Waals surface area contributed by atoms with Crippen LogP contribution in [-0.2, 0) is 18.6 Å². The summed E-state index contributed by atoms with van der Waals surface area (Å²) in [5, 5.41) is 0.123. The van der Waals surface area contributed by atoms with Crippen LogP contribution in [0.25, 0.3) is 0 Å². The van der Waals surface area contributed by atoms with Gasteiger partial charge in [0.05, 0.1) is 24.9 Å². The first-order valence-corrected chi connectivity index (χ1v) is 13.1. The van der Waals surface area contributed by atoms with Crippen molar-refractivity contribution >= 4 is 8.32 Å². The molecule has 0 aromatic heterocycles. The summed E-state index contributed by atoms with van der Waals surface area (Å²) in [6, 6.07) is 10.1. The Morgan fingerprint density at radius 2 is 1.93 bits per heavy atom. The summed E-state index contributed by atoms with van der Waals surface area (Å²) in [6.07, 6.45) is 6.26. The SMILES string of the molecule is C#CC[C@@H]1O[C@]2(C)CO[C@@H](c3ccccc3)O[C@H]2C[C@H]1O[Si](C)(C)C(C)(C)C. The number of hydrogen-bond acceptors (Lipinski definition) is 4. The number of ether oxygens (including phenoxy) is 3. The van der Waals surface area contributed by atoms with Crippen LogP contribution in [0.5, 0.6) is 0 Å². The van der Waals surface area contributed by atoms with E-state index in [2.05, 4.69) is 46.7 Å². The molecule has 1 aromatic carbocycles. The second-order valence-electron chi connectivity index (χ2n) is 9.71. The predicted octanol–water partition coefficient (Wildman–Crippen LogP) is 5.06. The first kappa shape index (κ1) is 21.5. The summed E-state index contributed by atoms with van der Waals surface area (Å²) >= 11 is 0. The topological polar surface area (TPSA) is 36.9 Å². The Balaban J connectivity index is 1.80. The van der Waals surface area contributed by atoms with E-state index in [9.17, 15) is 0 Å². The van der Waals surface area contributed by atoms with Gasteiger partial charge in [0.25, 0.3) is 0 Å². The van der Waals surface area contributed by atoms with Crippen LogP contribution >= 0.6 is 0 Å². The molecule has 5 heteroatoms. The van der Waals surface area contributed by atoms with Crippen molar-refractivity contribution in [3.63, 3.8) is 0 Å². The van der Waals surface area contributed by atoms with E-state index in [0.29, 0.717) is 13.0 Å². The molecule has 0 spiro atoms. The lowest BCUT2D eigenvalue weighted by atomic mass is 9.87. The molecule has 0 aliphatic carbocycles. The lowest BCUT2D eigenvalue weighted by Crippen LogP contribution is -2.62. The zero-order chi connectivity index (χ0) is 20.6. The molecule has 0 N–H and O–H groups in total. The van der Waals surface area contributed by atoms with E-state index in [4.69, 9.17) is 25.1 Å². The van der Waals surface area contributed by atoms with Crippen LogP contribution in [-0.4, -0.2) is 38.8 Å². The van der Waals surface area contributed by atoms with Gasteiger partial charge < -0.3 is 18.6 Å². The van der Waals surface area contributed by atoms with Crippen LogP contribution in [0.2, 0.25) is 18.1 Å². The molecule has 0 amide bonds. The molecule has 154 valence electrons. The van der Waals surface area contributed by atoms with Gasteiger partial charge in [-0.15, -0.1) is 12.3 Å². The predicted molar refractivity (Wildman–Crippen MR) is 113 cm³/mol. The van der Waals surface area contributed by atoms with Crippen LogP contribution in [0.15, 0.2) is 30.3 Å². The fraction of sp³-hybridized carbons (Fsp3) is 0.652. The minimum Gasteiger partial charge on any atom is -0.411 e. The second kappa shape index (κ2) is 7.93. The molecule has 5 atom stereocenters. The van der Waals surface area contributed by atoms with E-state index in [1.54, 1.807) is 0 Å². The average molecular weight is 403 g/mol. The minimum atomic E-state index is -1.96. The highest BCUT2D eigenvalue weighted by Crippen LogP contribution is 2.44. The van der Waals surface area contributed by atoms with E-state index in [1.165, 1.54) is 0 Å². The summed E-state index contributed by atoms with van der Waals surface area (Å²) in [5.41, 5.74) is 0.511. The standard InChI is InChI=1S/C23H34O4Si/c1-8-12-18-19(27-28(6,7)22(2,3)4)15-20-23(5,26-18)16-24-21(25-20)17-13-10-9-11-14-17/h1,9-11,13-14,18-21H,12,15-16H2,2-7H3/t18-,19+,20-,21+,23+/m0/s1. The number of terminal acetylenes is 1. The van der Waals surface area contributed by atoms with Crippen molar-refractivity contribution in [1.29, 1.82) is 0 Å². The Bertz CT molecular complexity index is 706. The van der Waals surface area contributed by atoms with Crippen molar-refractivity contribution in [1.82, 2.24) is 0 Å². The maximum Gasteiger partial charge on any atom is 0.192 e. The molecule has 2 fully saturated rings. The molecule has 3 rings (SSSR count). The van der Waals surface area contributed by atoms with E-state index < -0.39 is 13.9 Å². The second-order valence-corrected chi connectivity index (χ2v) is 14.5. The zero-order valence-electron chi connectivity index (χ0n) is 18.0. The van der Waals surface area contributed by atoms with Gasteiger partial charge >= 0.3 is 0 Å². The minimum absolute atomic E-state index is 0.0652. The van der Waals surface area contributed by atoms with Gasteiger partial charge in [-0.2, -0.15) is 0 Å². The van der Waals surface area contributed by atoms with Gasteiger partial charge in [0.1, 0.15) is 5.60 Å². The van der Waals surface area contributed by atoms with Crippen molar-refractivity contribution in [2.24, 2.45) is 0 Å². The number of hydrogen-bond donors (Lipinski definition) is 0. The molecule has 2 heterocycles. The van der Waals surface area contributed by atoms with Gasteiger partial charge in [-0.3, -0.25) is 0 Å². The third-order valence-electron chi connectivity index (χ3n) is 6.41. The number of rotatable bonds is 4. The van der Waals surface area contributed by atoms with E-state index in [0.717, 1.165) is 12.0 Å². The molecule has 2 aliphatic heterocycles. The molecule has 28 heavy (non-hydrogen) atoms. The quantitative estimate of drug-likeness (QED) is 0.521. The summed E-state index contributed by atoms with van der Waals surface area (Å²) in [4.78, 5) is 0. The molecular formula is C23H34O4Si. The van der Waals surface area contributed by atoms with Crippen molar-refractivity contribution in [3.8, 4) is 12.3 Å². The van der Waals surface area contributed by atoms with Crippen molar-refractivity contribution in [2.75, 3.05) is 6.61 Å². The summed E-state index contributed by atoms with van der Waals surface area (Å²) in [6.45, 7) is 13.8. The van der Waals surface area contributed by atoms with Gasteiger partial charge in [-0.05, 0) is 25.1 Å². The van der Waals surface area contributed by atoms with Crippen LogP contribution in [0.1, 0.15) is 52.4 Å². The van der Waals surface area contributed by atoms with Gasteiger partial charge in [0, 0.05) is 18.4 Å². The Morgan fingerprint density at radius 1 is 1.25 bits per heavy atom. The van der Waals surface area contributed by atoms with Gasteiger partial charge in [0.15, 0.2) is 14.6 Å². The van der Waals surface area contributed by atoms with Gasteiger partial charge in [-0.1, -0.05) is 51.1 Å². The Kier molecular flexibility index (Phi) is 6.10. The highest BCUT2D eigenvalue weighted by Gasteiger charge is 2.52. The van der Waals surface area contributed by atoms with Crippen LogP contribution in [0.3, 0.4) is 0 Å². The summed E-state index contributed by atoms with van der Waals surface area (Å²) in [5.74, 6) is 2.77. The molecule has 0 radical (unpaired) electrons. The number of fused-ring (bicyclic) bond motifs is 1. The Hall–Kier alpha value is -1.16. The van der Waals surface area contributed by atoms with Crippen molar-refractivity contribution in [3.05, 3.63) is 35.9 Å². The Labute approximate surface area is 171 Å². The van der Waals surface area contributed by atoms with Gasteiger partial charge in [-0.25, -0.2) is 0 Å². The summed E-state index contributed by atoms with van der Waals surface area (Å²) in [7, 11) is -1.96. The average Bonchev–Trinajstić information content (AvgIpc) is 2.62. The van der Waals surface area contributed by atoms with Gasteiger partial charge in [0.2, 0.25) is 0 Å². The van der Waals surface area contributed by atoms with Crippen LogP contribution < -0.4 is 0 Å². The summed E-state index contributed by atoms with van der Waals surface area (Å²) < 4.78 is 25.6. The zero-order valence-corrected chi connectivity index (χ0v) is 19.0. The van der Waals surface area contributed by atoms with Crippen LogP contribution in [0, 0.1) is 12.3 Å². The molecule has 0 bridgehead atoms. The normalized spacial score (nSPS) is 33.8. The maximum absolute atomic E-state index is 6.74. The number of benzene rings is 1. The van der Waals surface area contributed by atoms with Crippen molar-refractivity contribution < 1.29 is 18.6 Å². The fourth-order valence-corrected chi connectivity index (χ4v) is 4.98. The molecule has 1 aromatic rings. The first-order chi connectivity index (χ1) is 13.1. The smallest absolute Gasteiger partial charge is 0.192 e. The molecule has 0 unspecified atom stereocenters. The fourth-order valence-electron chi connectivity index (χ4n) is 3.62. The lowest BCUT2D eigenvalue weighted by molar-refractivity contribution is -0.335. The van der Waals surface area contributed by atoms with Crippen LogP contribution in [0.4, 0.5) is 0 Å². The van der Waals surface area contributed by atoms with E-state index >= 15 is 0 Å². The molecule has 2 saturated heterocycles.